The van der Waals surface area contributed by atoms with Crippen molar-refractivity contribution in [2.75, 3.05) is 0 Å². The third-order valence-electron chi connectivity index (χ3n) is 1.86. The molecule has 0 saturated heterocycles. The third-order valence-corrected chi connectivity index (χ3v) is 4.95. The summed E-state index contributed by atoms with van der Waals surface area (Å²) in [6, 6.07) is 6.09. The van der Waals surface area contributed by atoms with Crippen LogP contribution in [0, 0.1) is 0 Å². The molecule has 0 aromatic heterocycles. The molecule has 0 saturated carbocycles. The Labute approximate surface area is 267 Å². The Morgan fingerprint density at radius 2 is 1.27 bits per heavy atom. The van der Waals surface area contributed by atoms with Gasteiger partial charge in [-0.3, -0.25) is 4.79 Å². The van der Waals surface area contributed by atoms with E-state index in [0.717, 1.165) is 0 Å². The maximum absolute atomic E-state index is 11.1. The Hall–Kier alpha value is 3.90. The first-order valence-electron chi connectivity index (χ1n) is 4.80. The maximum atomic E-state index is 11.1. The summed E-state index contributed by atoms with van der Waals surface area (Å²) in [6.07, 6.45) is 0. The van der Waals surface area contributed by atoms with Gasteiger partial charge in [0.05, 0.1) is 5.56 Å². The van der Waals surface area contributed by atoms with Crippen LogP contribution in [0.3, 0.4) is 0 Å². The quantitative estimate of drug-likeness (QED) is 0.201. The molecule has 1 amide bonds. The number of hydrogen-bond donors (Lipinski definition) is 5. The number of rotatable bonds is 2. The van der Waals surface area contributed by atoms with Crippen molar-refractivity contribution in [1.29, 1.82) is 0 Å². The van der Waals surface area contributed by atoms with Gasteiger partial charge in [-0.15, -0.1) is 0 Å². The molecular formula is C7H14NNa5O10P2S. The molecule has 0 fully saturated rings. The number of carbonyl (C=O) groups excluding carboxylic acids is 1. The summed E-state index contributed by atoms with van der Waals surface area (Å²) in [4.78, 5) is 42.1. The largest absolute Gasteiger partial charge is 1.00 e. The summed E-state index contributed by atoms with van der Waals surface area (Å²) in [5.74, 6) is -0.550. The number of fused-ring (bicyclic) bond motifs is 1. The summed E-state index contributed by atoms with van der Waals surface area (Å²) in [7, 11) is -13.7. The monoisotopic (exact) mass is 481 g/mol. The van der Waals surface area contributed by atoms with Crippen molar-refractivity contribution in [3.05, 3.63) is 29.8 Å². The van der Waals surface area contributed by atoms with Crippen LogP contribution in [0.25, 0.3) is 0 Å². The topological polar surface area (TPSA) is 188 Å². The molecule has 0 atom stereocenters. The Balaban J connectivity index is -0.0000000275. The molecule has 19 heteroatoms. The first-order chi connectivity index (χ1) is 9.32. The van der Waals surface area contributed by atoms with E-state index in [-0.39, 0.29) is 165 Å². The van der Waals surface area contributed by atoms with E-state index < -0.39 is 31.6 Å². The van der Waals surface area contributed by atoms with Gasteiger partial charge in [-0.1, -0.05) is 12.1 Å². The molecule has 0 bridgehead atoms. The minimum absolute atomic E-state index is 0. The average Bonchev–Trinajstić information content (AvgIpc) is 2.46. The molecule has 0 spiro atoms. The molecular weight excluding hydrogens is 467 g/mol. The van der Waals surface area contributed by atoms with Gasteiger partial charge >= 0.3 is 163 Å². The second-order valence-electron chi connectivity index (χ2n) is 3.49. The Morgan fingerprint density at radius 1 is 0.885 bits per heavy atom. The predicted octanol–water partition coefficient (Wildman–Crippen LogP) is -15.1. The summed E-state index contributed by atoms with van der Waals surface area (Å²) >= 11 is 0. The van der Waals surface area contributed by atoms with Gasteiger partial charge in [0.15, 0.2) is 0 Å². The van der Waals surface area contributed by atoms with E-state index in [1.807, 2.05) is 4.72 Å². The van der Waals surface area contributed by atoms with E-state index in [0.29, 0.717) is 0 Å². The molecule has 1 aromatic carbocycles. The molecule has 11 nitrogen and oxygen atoms in total. The first-order valence-corrected chi connectivity index (χ1v) is 9.35. The van der Waals surface area contributed by atoms with Crippen LogP contribution in [-0.4, -0.2) is 33.9 Å². The van der Waals surface area contributed by atoms with Crippen molar-refractivity contribution < 1.29 is 201 Å². The van der Waals surface area contributed by atoms with Gasteiger partial charge in [0.2, 0.25) is 0 Å². The van der Waals surface area contributed by atoms with Crippen LogP contribution in [0.1, 0.15) is 17.5 Å². The number of nitrogens with one attached hydrogen (secondary N) is 1. The zero-order valence-electron chi connectivity index (χ0n) is 19.9. The van der Waals surface area contributed by atoms with Crippen LogP contribution in [0.15, 0.2) is 29.2 Å². The van der Waals surface area contributed by atoms with Crippen molar-refractivity contribution in [2.45, 2.75) is 4.90 Å². The molecule has 1 aliphatic rings. The van der Waals surface area contributed by atoms with Crippen molar-refractivity contribution >= 4 is 31.6 Å². The van der Waals surface area contributed by atoms with E-state index in [1.54, 1.807) is 12.1 Å². The average molecular weight is 481 g/mol. The molecule has 5 N–H and O–H groups in total. The number of sulfonamides is 1. The zero-order chi connectivity index (χ0) is 16.5. The van der Waals surface area contributed by atoms with Crippen LogP contribution in [0.4, 0.5) is 0 Å². The van der Waals surface area contributed by atoms with Gasteiger partial charge in [0.25, 0.3) is 15.9 Å². The van der Waals surface area contributed by atoms with Crippen LogP contribution < -0.4 is 153 Å². The first kappa shape index (κ1) is 40.3. The number of amides is 1. The van der Waals surface area contributed by atoms with E-state index in [9.17, 15) is 22.3 Å². The van der Waals surface area contributed by atoms with E-state index in [1.165, 1.54) is 12.1 Å². The SMILES string of the molecule is O=C1NS(=O)(=O)c2ccccc21.O=P(O)(O)OP(=O)(O)O.[H-].[H-].[H-].[H-].[H-].[Na+].[Na+].[Na+].[Na+].[Na+]. The van der Waals surface area contributed by atoms with Crippen LogP contribution in [0.5, 0.6) is 0 Å². The second kappa shape index (κ2) is 16.5. The molecule has 2 rings (SSSR count). The van der Waals surface area contributed by atoms with Crippen molar-refractivity contribution in [3.63, 3.8) is 0 Å². The number of carbonyl (C=O) groups is 1. The van der Waals surface area contributed by atoms with Gasteiger partial charge in [-0.25, -0.2) is 22.3 Å². The fraction of sp³-hybridized carbons (Fsp3) is 0. The fourth-order valence-corrected chi connectivity index (χ4v) is 3.54. The predicted molar refractivity (Wildman–Crippen MR) is 71.8 cm³/mol. The second-order valence-corrected chi connectivity index (χ2v) is 7.76. The number of benzene rings is 1. The standard InChI is InChI=1S/C7H5NO3S.5Na.H4O7P2.5H/c9-7-5-3-1-2-4-6(5)12(10,11)8-7;;;;;;1-8(2,3)7-9(4,5)6;;;;;/h1-4H,(H,8,9);;;;;;(H2,1,2,3)(H2,4,5,6);;;;;/q;5*+1;;5*-1. The zero-order valence-corrected chi connectivity index (χ0v) is 27.5. The van der Waals surface area contributed by atoms with Gasteiger partial charge in [-0.05, 0) is 12.1 Å². The summed E-state index contributed by atoms with van der Waals surface area (Å²) in [5.41, 5.74) is 0.220. The minimum atomic E-state index is -5.05. The Morgan fingerprint density at radius 3 is 1.58 bits per heavy atom. The van der Waals surface area contributed by atoms with E-state index >= 15 is 0 Å². The molecule has 128 valence electrons. The van der Waals surface area contributed by atoms with Crippen LogP contribution in [0.2, 0.25) is 0 Å². The van der Waals surface area contributed by atoms with E-state index in [4.69, 9.17) is 19.6 Å². The molecule has 1 aliphatic heterocycles. The molecule has 0 aliphatic carbocycles. The number of hydrogen-bond acceptors (Lipinski definition) is 6. The van der Waals surface area contributed by atoms with Gasteiger partial charge < -0.3 is 26.7 Å². The Kier molecular flexibility index (Phi) is 25.6. The molecule has 26 heavy (non-hydrogen) atoms. The van der Waals surface area contributed by atoms with Crippen molar-refractivity contribution in [2.24, 2.45) is 0 Å². The fourth-order valence-electron chi connectivity index (χ4n) is 1.26. The normalized spacial score (nSPS) is 13.3. The molecule has 0 unspecified atom stereocenters. The van der Waals surface area contributed by atoms with Crippen LogP contribution >= 0.6 is 15.6 Å². The van der Waals surface area contributed by atoms with Gasteiger partial charge in [-0.2, -0.15) is 4.31 Å². The summed E-state index contributed by atoms with van der Waals surface area (Å²) < 4.78 is 46.4. The molecule has 1 heterocycles. The van der Waals surface area contributed by atoms with Gasteiger partial charge in [0, 0.05) is 0 Å². The van der Waals surface area contributed by atoms with Crippen LogP contribution in [-0.2, 0) is 23.5 Å². The summed E-state index contributed by atoms with van der Waals surface area (Å²) in [5, 5.41) is 0. The summed E-state index contributed by atoms with van der Waals surface area (Å²) in [6.45, 7) is 0. The minimum Gasteiger partial charge on any atom is -1.00 e. The molecule has 0 radical (unpaired) electrons. The van der Waals surface area contributed by atoms with Crippen molar-refractivity contribution in [3.8, 4) is 0 Å². The Bertz CT molecular complexity index is 765. The van der Waals surface area contributed by atoms with Gasteiger partial charge in [0.1, 0.15) is 4.90 Å². The third kappa shape index (κ3) is 15.7. The smallest absolute Gasteiger partial charge is 1.00 e. The van der Waals surface area contributed by atoms with Crippen molar-refractivity contribution in [1.82, 2.24) is 4.72 Å². The maximum Gasteiger partial charge on any atom is 1.00 e. The van der Waals surface area contributed by atoms with E-state index in [2.05, 4.69) is 4.31 Å². The number of phosphoric acid groups is 2. The molecule has 1 aromatic rings.